The number of nitrogens with zero attached hydrogens (tertiary/aromatic N) is 3. The van der Waals surface area contributed by atoms with Crippen molar-refractivity contribution >= 4 is 15.7 Å². The number of hydrogen-bond donors (Lipinski definition) is 1. The van der Waals surface area contributed by atoms with E-state index in [9.17, 15) is 18.5 Å². The number of sulfonamides is 1. The van der Waals surface area contributed by atoms with E-state index < -0.39 is 20.6 Å². The molecule has 3 aromatic rings. The van der Waals surface area contributed by atoms with E-state index in [1.54, 1.807) is 12.3 Å². The highest BCUT2D eigenvalue weighted by Gasteiger charge is 2.37. The van der Waals surface area contributed by atoms with Gasteiger partial charge in [-0.3, -0.25) is 15.1 Å². The summed E-state index contributed by atoms with van der Waals surface area (Å²) < 4.78 is 28.8. The third kappa shape index (κ3) is 4.72. The van der Waals surface area contributed by atoms with Crippen LogP contribution in [0.25, 0.3) is 11.3 Å². The Morgan fingerprint density at radius 2 is 1.82 bits per heavy atom. The van der Waals surface area contributed by atoms with Crippen LogP contribution in [0, 0.1) is 30.9 Å². The molecule has 178 valence electrons. The van der Waals surface area contributed by atoms with Gasteiger partial charge in [0.2, 0.25) is 0 Å². The van der Waals surface area contributed by atoms with E-state index in [-0.39, 0.29) is 17.5 Å². The van der Waals surface area contributed by atoms with Gasteiger partial charge in [-0.25, -0.2) is 8.42 Å². The Hall–Kier alpha value is -3.14. The van der Waals surface area contributed by atoms with Crippen molar-refractivity contribution in [2.24, 2.45) is 0 Å². The van der Waals surface area contributed by atoms with Crippen LogP contribution in [0.15, 0.2) is 59.6 Å². The smallest absolute Gasteiger partial charge is 0.289 e. The predicted octanol–water partition coefficient (Wildman–Crippen LogP) is 4.13. The van der Waals surface area contributed by atoms with Crippen LogP contribution in [0.5, 0.6) is 0 Å². The molecule has 1 atom stereocenters. The molecule has 2 aromatic carbocycles. The van der Waals surface area contributed by atoms with Gasteiger partial charge in [-0.2, -0.15) is 4.31 Å². The molecule has 0 aliphatic carbocycles. The molecule has 2 heterocycles. The molecule has 0 bridgehead atoms. The molecule has 4 rings (SSSR count). The molecule has 0 saturated carbocycles. The number of aryl methyl sites for hydroxylation is 2. The lowest BCUT2D eigenvalue weighted by Crippen LogP contribution is -2.41. The lowest BCUT2D eigenvalue weighted by atomic mass is 9.98. The Bertz CT molecular complexity index is 1310. The summed E-state index contributed by atoms with van der Waals surface area (Å²) >= 11 is 0. The predicted molar refractivity (Wildman–Crippen MR) is 131 cm³/mol. The van der Waals surface area contributed by atoms with Gasteiger partial charge in [0, 0.05) is 37.0 Å². The van der Waals surface area contributed by atoms with Crippen molar-refractivity contribution < 1.29 is 13.3 Å². The van der Waals surface area contributed by atoms with E-state index in [0.29, 0.717) is 19.5 Å². The van der Waals surface area contributed by atoms with Gasteiger partial charge in [-0.15, -0.1) is 0 Å². The van der Waals surface area contributed by atoms with Crippen LogP contribution >= 0.6 is 0 Å². The normalized spacial score (nSPS) is 16.2. The highest BCUT2D eigenvalue weighted by atomic mass is 32.2. The largest absolute Gasteiger partial charge is 0.315 e. The molecule has 0 unspecified atom stereocenters. The van der Waals surface area contributed by atoms with E-state index in [1.807, 2.05) is 6.07 Å². The van der Waals surface area contributed by atoms with Gasteiger partial charge in [0.15, 0.2) is 4.90 Å². The summed E-state index contributed by atoms with van der Waals surface area (Å²) in [6, 6.07) is 13.1. The van der Waals surface area contributed by atoms with Crippen LogP contribution in [0.1, 0.15) is 28.7 Å². The molecular formula is C25H28N4O4S. The molecule has 34 heavy (non-hydrogen) atoms. The summed E-state index contributed by atoms with van der Waals surface area (Å²) in [6.45, 7) is 7.48. The fraction of sp³-hybridized carbons (Fsp3) is 0.320. The van der Waals surface area contributed by atoms with E-state index in [4.69, 9.17) is 0 Å². The molecule has 0 radical (unpaired) electrons. The van der Waals surface area contributed by atoms with Gasteiger partial charge in [-0.05, 0) is 86.3 Å². The highest BCUT2D eigenvalue weighted by molar-refractivity contribution is 7.89. The first kappa shape index (κ1) is 24.0. The molecule has 1 aromatic heterocycles. The van der Waals surface area contributed by atoms with Crippen molar-refractivity contribution in [2.45, 2.75) is 44.7 Å². The Kier molecular flexibility index (Phi) is 6.79. The second-order valence-electron chi connectivity index (χ2n) is 8.71. The average Bonchev–Trinajstić information content (AvgIpc) is 3.35. The number of para-hydroxylation sites is 1. The zero-order valence-electron chi connectivity index (χ0n) is 19.5. The Balaban J connectivity index is 1.74. The molecule has 0 spiro atoms. The average molecular weight is 481 g/mol. The monoisotopic (exact) mass is 480 g/mol. The van der Waals surface area contributed by atoms with Gasteiger partial charge < -0.3 is 5.32 Å². The quantitative estimate of drug-likeness (QED) is 0.403. The number of nitro benzene ring substituents is 1. The van der Waals surface area contributed by atoms with E-state index >= 15 is 0 Å². The van der Waals surface area contributed by atoms with E-state index in [1.165, 1.54) is 45.3 Å². The van der Waals surface area contributed by atoms with Crippen molar-refractivity contribution in [3.8, 4) is 11.3 Å². The molecule has 0 amide bonds. The summed E-state index contributed by atoms with van der Waals surface area (Å²) in [5.41, 5.74) is 5.65. The third-order valence-electron chi connectivity index (χ3n) is 6.48. The maximum absolute atomic E-state index is 13.7. The zero-order chi connectivity index (χ0) is 24.5. The van der Waals surface area contributed by atoms with Crippen molar-refractivity contribution in [3.05, 3.63) is 87.1 Å². The van der Waals surface area contributed by atoms with E-state index in [0.717, 1.165) is 16.8 Å². The number of benzene rings is 2. The van der Waals surface area contributed by atoms with Crippen molar-refractivity contribution in [2.75, 3.05) is 13.1 Å². The summed E-state index contributed by atoms with van der Waals surface area (Å²) in [6.07, 6.45) is 2.31. The first-order chi connectivity index (χ1) is 16.2. The lowest BCUT2D eigenvalue weighted by molar-refractivity contribution is -0.387. The van der Waals surface area contributed by atoms with Gasteiger partial charge >= 0.3 is 0 Å². The van der Waals surface area contributed by atoms with Crippen LogP contribution < -0.4 is 5.32 Å². The number of aromatic nitrogens is 1. The summed E-state index contributed by atoms with van der Waals surface area (Å²) in [4.78, 5) is 15.1. The minimum Gasteiger partial charge on any atom is -0.315 e. The summed E-state index contributed by atoms with van der Waals surface area (Å²) in [5.74, 6) is 0. The Labute approximate surface area is 199 Å². The first-order valence-corrected chi connectivity index (χ1v) is 12.6. The number of nitro groups is 1. The topological polar surface area (TPSA) is 105 Å². The van der Waals surface area contributed by atoms with Crippen LogP contribution in [0.3, 0.4) is 0 Å². The van der Waals surface area contributed by atoms with Gasteiger partial charge in [0.05, 0.1) is 10.6 Å². The fourth-order valence-electron chi connectivity index (χ4n) is 4.34. The summed E-state index contributed by atoms with van der Waals surface area (Å²) in [7, 11) is -4.12. The number of nitrogens with one attached hydrogen (secondary N) is 1. The lowest BCUT2D eigenvalue weighted by Gasteiger charge is -2.27. The highest BCUT2D eigenvalue weighted by Crippen LogP contribution is 2.31. The standard InChI is InChI=1S/C25H28N4O4S/c1-17-12-21(13-18(2)19(17)3)23-14-20(8-11-27-23)16-28(22-9-10-26-15-22)34(32,33)25-7-5-4-6-24(25)29(30)31/h4-8,11-14,22,26H,9-10,15-16H2,1-3H3/t22-/m0/s1. The molecule has 1 aliphatic rings. The minimum atomic E-state index is -4.12. The molecule has 1 N–H and O–H groups in total. The van der Waals surface area contributed by atoms with Crippen LogP contribution in [0.2, 0.25) is 0 Å². The Morgan fingerprint density at radius 3 is 2.47 bits per heavy atom. The third-order valence-corrected chi connectivity index (χ3v) is 8.42. The second kappa shape index (κ2) is 9.61. The van der Waals surface area contributed by atoms with Crippen LogP contribution in [-0.2, 0) is 16.6 Å². The first-order valence-electron chi connectivity index (χ1n) is 11.2. The fourth-order valence-corrected chi connectivity index (χ4v) is 6.14. The number of pyridine rings is 1. The SMILES string of the molecule is Cc1cc(-c2cc(CN([C@H]3CCNC3)S(=O)(=O)c3ccccc3[N+](=O)[O-])ccn2)cc(C)c1C. The summed E-state index contributed by atoms with van der Waals surface area (Å²) in [5, 5.41) is 14.8. The van der Waals surface area contributed by atoms with E-state index in [2.05, 4.69) is 43.2 Å². The Morgan fingerprint density at radius 1 is 1.12 bits per heavy atom. The van der Waals surface area contributed by atoms with Crippen molar-refractivity contribution in [1.29, 1.82) is 0 Å². The van der Waals surface area contributed by atoms with Gasteiger partial charge in [0.1, 0.15) is 0 Å². The zero-order valence-corrected chi connectivity index (χ0v) is 20.3. The maximum Gasteiger partial charge on any atom is 0.289 e. The molecular weight excluding hydrogens is 452 g/mol. The number of rotatable bonds is 7. The van der Waals surface area contributed by atoms with Crippen LogP contribution in [0.4, 0.5) is 5.69 Å². The van der Waals surface area contributed by atoms with Gasteiger partial charge in [0.25, 0.3) is 15.7 Å². The molecule has 1 aliphatic heterocycles. The number of hydrogen-bond acceptors (Lipinski definition) is 6. The molecule has 1 fully saturated rings. The van der Waals surface area contributed by atoms with Gasteiger partial charge in [-0.1, -0.05) is 12.1 Å². The second-order valence-corrected chi connectivity index (χ2v) is 10.6. The molecule has 1 saturated heterocycles. The van der Waals surface area contributed by atoms with Crippen molar-refractivity contribution in [3.63, 3.8) is 0 Å². The van der Waals surface area contributed by atoms with Crippen LogP contribution in [-0.4, -0.2) is 41.8 Å². The molecule has 8 nitrogen and oxygen atoms in total. The molecule has 9 heteroatoms. The minimum absolute atomic E-state index is 0.0973. The maximum atomic E-state index is 13.7. The van der Waals surface area contributed by atoms with Crippen molar-refractivity contribution in [1.82, 2.24) is 14.6 Å².